The van der Waals surface area contributed by atoms with Gasteiger partial charge in [-0.2, -0.15) is 0 Å². The molecule has 1 unspecified atom stereocenters. The van der Waals surface area contributed by atoms with Gasteiger partial charge in [-0.05, 0) is 19.1 Å². The molecule has 76 valence electrons. The maximum Gasteiger partial charge on any atom is 0.125 e. The summed E-state index contributed by atoms with van der Waals surface area (Å²) >= 11 is 3.38. The molecule has 1 atom stereocenters. The number of ether oxygens (including phenoxy) is 1. The molecule has 0 aliphatic heterocycles. The second kappa shape index (κ2) is 4.62. The summed E-state index contributed by atoms with van der Waals surface area (Å²) in [6, 6.07) is 5.62. The van der Waals surface area contributed by atoms with E-state index in [2.05, 4.69) is 22.5 Å². The molecular weight excluding hydrogens is 242 g/mol. The van der Waals surface area contributed by atoms with Crippen LogP contribution in [-0.2, 0) is 0 Å². The zero-order valence-corrected chi connectivity index (χ0v) is 9.97. The highest BCUT2D eigenvalue weighted by Gasteiger charge is 2.12. The minimum absolute atomic E-state index is 0.168. The largest absolute Gasteiger partial charge is 0.496 e. The third kappa shape index (κ3) is 2.36. The maximum absolute atomic E-state index is 5.97. The molecule has 0 amide bonds. The van der Waals surface area contributed by atoms with Crippen molar-refractivity contribution < 1.29 is 4.74 Å². The number of rotatable bonds is 3. The lowest BCUT2D eigenvalue weighted by Crippen LogP contribution is -2.12. The van der Waals surface area contributed by atoms with Gasteiger partial charge in [0.25, 0.3) is 0 Å². The van der Waals surface area contributed by atoms with Crippen molar-refractivity contribution in [1.82, 2.24) is 0 Å². The lowest BCUT2D eigenvalue weighted by Gasteiger charge is -2.15. The third-order valence-corrected chi connectivity index (χ3v) is 2.55. The van der Waals surface area contributed by atoms with E-state index in [1.54, 1.807) is 7.11 Å². The Balaban J connectivity index is 3.13. The number of hydrogen-bond donors (Lipinski definition) is 1. The Morgan fingerprint density at radius 3 is 2.71 bits per heavy atom. The van der Waals surface area contributed by atoms with Gasteiger partial charge in [-0.25, -0.2) is 0 Å². The van der Waals surface area contributed by atoms with E-state index < -0.39 is 0 Å². The minimum atomic E-state index is -0.168. The highest BCUT2D eigenvalue weighted by molar-refractivity contribution is 9.10. The molecule has 0 aliphatic rings. The molecule has 14 heavy (non-hydrogen) atoms. The summed E-state index contributed by atoms with van der Waals surface area (Å²) in [6.45, 7) is 5.75. The summed E-state index contributed by atoms with van der Waals surface area (Å²) < 4.78 is 6.23. The second-order valence-corrected chi connectivity index (χ2v) is 4.13. The van der Waals surface area contributed by atoms with Crippen LogP contribution in [0.5, 0.6) is 5.75 Å². The Hall–Kier alpha value is -0.800. The first-order chi connectivity index (χ1) is 6.56. The van der Waals surface area contributed by atoms with E-state index in [1.165, 1.54) is 0 Å². The number of methoxy groups -OCH3 is 1. The summed E-state index contributed by atoms with van der Waals surface area (Å²) in [5.41, 5.74) is 7.85. The SMILES string of the molecule is C=C(C)C(N)c1ccc(Br)cc1OC. The Morgan fingerprint density at radius 1 is 1.57 bits per heavy atom. The van der Waals surface area contributed by atoms with Crippen molar-refractivity contribution in [3.8, 4) is 5.75 Å². The predicted octanol–water partition coefficient (Wildman–Crippen LogP) is 3.03. The van der Waals surface area contributed by atoms with Gasteiger partial charge >= 0.3 is 0 Å². The summed E-state index contributed by atoms with van der Waals surface area (Å²) in [5, 5.41) is 0. The molecule has 1 aromatic carbocycles. The van der Waals surface area contributed by atoms with Crippen LogP contribution in [0.2, 0.25) is 0 Å². The molecule has 1 aromatic rings. The molecule has 0 aromatic heterocycles. The lowest BCUT2D eigenvalue weighted by molar-refractivity contribution is 0.407. The smallest absolute Gasteiger partial charge is 0.125 e. The lowest BCUT2D eigenvalue weighted by atomic mass is 10.0. The van der Waals surface area contributed by atoms with Gasteiger partial charge in [-0.15, -0.1) is 0 Å². The molecule has 3 heteroatoms. The van der Waals surface area contributed by atoms with Crippen molar-refractivity contribution in [2.75, 3.05) is 7.11 Å². The molecule has 1 rings (SSSR count). The summed E-state index contributed by atoms with van der Waals surface area (Å²) in [4.78, 5) is 0. The standard InChI is InChI=1S/C11H14BrNO/c1-7(2)11(13)9-5-4-8(12)6-10(9)14-3/h4-6,11H,1,13H2,2-3H3. The quantitative estimate of drug-likeness (QED) is 0.843. The van der Waals surface area contributed by atoms with E-state index in [4.69, 9.17) is 10.5 Å². The fourth-order valence-corrected chi connectivity index (χ4v) is 1.55. The summed E-state index contributed by atoms with van der Waals surface area (Å²) in [6.07, 6.45) is 0. The zero-order chi connectivity index (χ0) is 10.7. The molecule has 0 spiro atoms. The van der Waals surface area contributed by atoms with Crippen LogP contribution < -0.4 is 10.5 Å². The van der Waals surface area contributed by atoms with E-state index >= 15 is 0 Å². The van der Waals surface area contributed by atoms with Crippen LogP contribution in [0.4, 0.5) is 0 Å². The van der Waals surface area contributed by atoms with Crippen molar-refractivity contribution in [1.29, 1.82) is 0 Å². The van der Waals surface area contributed by atoms with Crippen molar-refractivity contribution in [3.05, 3.63) is 40.4 Å². The first kappa shape index (κ1) is 11.3. The normalized spacial score (nSPS) is 12.3. The van der Waals surface area contributed by atoms with Gasteiger partial charge < -0.3 is 10.5 Å². The maximum atomic E-state index is 5.97. The topological polar surface area (TPSA) is 35.2 Å². The van der Waals surface area contributed by atoms with E-state index in [1.807, 2.05) is 25.1 Å². The first-order valence-electron chi connectivity index (χ1n) is 4.30. The van der Waals surface area contributed by atoms with Crippen molar-refractivity contribution in [3.63, 3.8) is 0 Å². The van der Waals surface area contributed by atoms with Gasteiger partial charge in [0.1, 0.15) is 5.75 Å². The van der Waals surface area contributed by atoms with Crippen molar-refractivity contribution in [2.45, 2.75) is 13.0 Å². The average molecular weight is 256 g/mol. The van der Waals surface area contributed by atoms with E-state index in [-0.39, 0.29) is 6.04 Å². The van der Waals surface area contributed by atoms with Gasteiger partial charge in [0.2, 0.25) is 0 Å². The monoisotopic (exact) mass is 255 g/mol. The Morgan fingerprint density at radius 2 is 2.21 bits per heavy atom. The summed E-state index contributed by atoms with van der Waals surface area (Å²) in [5.74, 6) is 0.787. The van der Waals surface area contributed by atoms with E-state index in [9.17, 15) is 0 Å². The molecule has 2 nitrogen and oxygen atoms in total. The van der Waals surface area contributed by atoms with Crippen LogP contribution in [0.3, 0.4) is 0 Å². The highest BCUT2D eigenvalue weighted by Crippen LogP contribution is 2.29. The molecule has 0 heterocycles. The Labute approximate surface area is 92.9 Å². The molecular formula is C11H14BrNO. The minimum Gasteiger partial charge on any atom is -0.496 e. The molecule has 0 saturated heterocycles. The van der Waals surface area contributed by atoms with Gasteiger partial charge in [-0.3, -0.25) is 0 Å². The van der Waals surface area contributed by atoms with Crippen molar-refractivity contribution in [2.24, 2.45) is 5.73 Å². The fourth-order valence-electron chi connectivity index (χ4n) is 1.21. The third-order valence-electron chi connectivity index (χ3n) is 2.06. The highest BCUT2D eigenvalue weighted by atomic mass is 79.9. The zero-order valence-electron chi connectivity index (χ0n) is 8.38. The van der Waals surface area contributed by atoms with Crippen LogP contribution >= 0.6 is 15.9 Å². The van der Waals surface area contributed by atoms with Crippen LogP contribution in [0, 0.1) is 0 Å². The molecule has 2 N–H and O–H groups in total. The van der Waals surface area contributed by atoms with Gasteiger partial charge in [-0.1, -0.05) is 34.1 Å². The number of hydrogen-bond acceptors (Lipinski definition) is 2. The van der Waals surface area contributed by atoms with Crippen LogP contribution in [0.1, 0.15) is 18.5 Å². The van der Waals surface area contributed by atoms with Gasteiger partial charge in [0.15, 0.2) is 0 Å². The van der Waals surface area contributed by atoms with Gasteiger partial charge in [0.05, 0.1) is 13.2 Å². The van der Waals surface area contributed by atoms with Gasteiger partial charge in [0, 0.05) is 10.0 Å². The first-order valence-corrected chi connectivity index (χ1v) is 5.10. The van der Waals surface area contributed by atoms with E-state index in [0.717, 1.165) is 21.4 Å². The molecule has 0 saturated carbocycles. The van der Waals surface area contributed by atoms with E-state index in [0.29, 0.717) is 0 Å². The molecule has 0 aliphatic carbocycles. The molecule has 0 fully saturated rings. The molecule has 0 radical (unpaired) electrons. The average Bonchev–Trinajstić information content (AvgIpc) is 2.16. The Bertz CT molecular complexity index is 349. The predicted molar refractivity (Wildman–Crippen MR) is 62.4 cm³/mol. The van der Waals surface area contributed by atoms with Crippen LogP contribution in [-0.4, -0.2) is 7.11 Å². The molecule has 0 bridgehead atoms. The van der Waals surface area contributed by atoms with Crippen molar-refractivity contribution >= 4 is 15.9 Å². The fraction of sp³-hybridized carbons (Fsp3) is 0.273. The van der Waals surface area contributed by atoms with Crippen LogP contribution in [0.15, 0.2) is 34.8 Å². The number of halogens is 1. The number of nitrogens with two attached hydrogens (primary N) is 1. The summed E-state index contributed by atoms with van der Waals surface area (Å²) in [7, 11) is 1.64. The number of benzene rings is 1. The van der Waals surface area contributed by atoms with Crippen LogP contribution in [0.25, 0.3) is 0 Å². The second-order valence-electron chi connectivity index (χ2n) is 3.21. The Kier molecular flexibility index (Phi) is 3.72.